The normalized spacial score (nSPS) is 12.5. The third-order valence-corrected chi connectivity index (χ3v) is 2.33. The summed E-state index contributed by atoms with van der Waals surface area (Å²) in [5, 5.41) is 3.08. The van der Waals surface area contributed by atoms with Gasteiger partial charge >= 0.3 is 0 Å². The number of nitrogens with one attached hydrogen (secondary N) is 1. The molecule has 82 valence electrons. The summed E-state index contributed by atoms with van der Waals surface area (Å²) < 4.78 is 0. The van der Waals surface area contributed by atoms with E-state index in [1.54, 1.807) is 0 Å². The summed E-state index contributed by atoms with van der Waals surface area (Å²) in [4.78, 5) is 10.6. The Morgan fingerprint density at radius 3 is 2.33 bits per heavy atom. The third-order valence-electron chi connectivity index (χ3n) is 2.33. The molecule has 0 bridgehead atoms. The van der Waals surface area contributed by atoms with E-state index in [4.69, 9.17) is 5.73 Å². The van der Waals surface area contributed by atoms with Crippen LogP contribution >= 0.6 is 0 Å². The number of amides is 1. The van der Waals surface area contributed by atoms with Crippen molar-refractivity contribution in [3.63, 3.8) is 0 Å². The van der Waals surface area contributed by atoms with Crippen LogP contribution in [-0.4, -0.2) is 12.5 Å². The van der Waals surface area contributed by atoms with E-state index in [0.717, 1.165) is 0 Å². The maximum Gasteiger partial charge on any atom is 0.231 e. The molecule has 3 nitrogen and oxygen atoms in total. The molecule has 15 heavy (non-hydrogen) atoms. The van der Waals surface area contributed by atoms with Crippen LogP contribution in [0.1, 0.15) is 29.7 Å². The number of hydrogen-bond acceptors (Lipinski definition) is 2. The zero-order valence-corrected chi connectivity index (χ0v) is 9.50. The maximum atomic E-state index is 10.6. The second kappa shape index (κ2) is 4.94. The van der Waals surface area contributed by atoms with Gasteiger partial charge in [0.1, 0.15) is 0 Å². The van der Waals surface area contributed by atoms with Gasteiger partial charge in [-0.05, 0) is 26.3 Å². The summed E-state index contributed by atoms with van der Waals surface area (Å²) in [5.41, 5.74) is 8.73. The number of nitrogens with two attached hydrogens (primary N) is 1. The first-order chi connectivity index (χ1) is 6.99. The molecule has 1 rings (SSSR count). The van der Waals surface area contributed by atoms with Gasteiger partial charge in [-0.2, -0.15) is 0 Å². The predicted molar refractivity (Wildman–Crippen MR) is 61.5 cm³/mol. The molecule has 0 aliphatic rings. The van der Waals surface area contributed by atoms with Crippen LogP contribution in [0.15, 0.2) is 18.2 Å². The van der Waals surface area contributed by atoms with E-state index in [1.165, 1.54) is 16.7 Å². The number of aryl methyl sites for hydroxylation is 2. The Hall–Kier alpha value is -1.35. The molecule has 1 amide bonds. The number of primary amides is 1. The molecular formula is C12H18N2O. The minimum absolute atomic E-state index is 0.149. The molecule has 1 atom stereocenters. The van der Waals surface area contributed by atoms with Gasteiger partial charge in [0.2, 0.25) is 5.91 Å². The Bertz CT molecular complexity index is 340. The first kappa shape index (κ1) is 11.7. The lowest BCUT2D eigenvalue weighted by Gasteiger charge is -2.14. The van der Waals surface area contributed by atoms with E-state index >= 15 is 0 Å². The van der Waals surface area contributed by atoms with E-state index in [0.29, 0.717) is 0 Å². The van der Waals surface area contributed by atoms with Gasteiger partial charge in [0.15, 0.2) is 0 Å². The number of rotatable bonds is 4. The summed E-state index contributed by atoms with van der Waals surface area (Å²) in [6, 6.07) is 6.51. The highest BCUT2D eigenvalue weighted by Gasteiger charge is 2.06. The molecule has 3 N–H and O–H groups in total. The predicted octanol–water partition coefficient (Wildman–Crippen LogP) is 1.44. The Kier molecular flexibility index (Phi) is 3.86. The molecule has 1 aromatic rings. The molecule has 0 heterocycles. The fourth-order valence-corrected chi connectivity index (χ4v) is 1.63. The maximum absolute atomic E-state index is 10.6. The van der Waals surface area contributed by atoms with Crippen LogP contribution in [-0.2, 0) is 4.79 Å². The fraction of sp³-hybridized carbons (Fsp3) is 0.417. The first-order valence-electron chi connectivity index (χ1n) is 5.09. The Morgan fingerprint density at radius 2 is 1.87 bits per heavy atom. The van der Waals surface area contributed by atoms with Crippen LogP contribution < -0.4 is 11.1 Å². The smallest absolute Gasteiger partial charge is 0.231 e. The number of hydrogen-bond donors (Lipinski definition) is 2. The third kappa shape index (κ3) is 3.72. The van der Waals surface area contributed by atoms with Crippen LogP contribution in [0.5, 0.6) is 0 Å². The van der Waals surface area contributed by atoms with Crippen molar-refractivity contribution in [3.8, 4) is 0 Å². The van der Waals surface area contributed by atoms with Gasteiger partial charge in [-0.15, -0.1) is 0 Å². The lowest BCUT2D eigenvalue weighted by molar-refractivity contribution is -0.117. The van der Waals surface area contributed by atoms with Crippen molar-refractivity contribution in [1.29, 1.82) is 0 Å². The fourth-order valence-electron chi connectivity index (χ4n) is 1.63. The molecule has 0 saturated carbocycles. The van der Waals surface area contributed by atoms with Gasteiger partial charge in [-0.25, -0.2) is 0 Å². The summed E-state index contributed by atoms with van der Waals surface area (Å²) in [7, 11) is 0. The van der Waals surface area contributed by atoms with E-state index in [-0.39, 0.29) is 18.5 Å². The van der Waals surface area contributed by atoms with Crippen molar-refractivity contribution in [2.24, 2.45) is 5.73 Å². The number of carbonyl (C=O) groups excluding carboxylic acids is 1. The Labute approximate surface area is 90.7 Å². The van der Waals surface area contributed by atoms with Gasteiger partial charge in [0.25, 0.3) is 0 Å². The van der Waals surface area contributed by atoms with Crippen molar-refractivity contribution in [2.75, 3.05) is 6.54 Å². The summed E-state index contributed by atoms with van der Waals surface area (Å²) in [6.45, 7) is 6.37. The highest BCUT2D eigenvalue weighted by molar-refractivity contribution is 5.75. The van der Waals surface area contributed by atoms with Crippen LogP contribution in [0, 0.1) is 13.8 Å². The molecule has 1 aromatic carbocycles. The largest absolute Gasteiger partial charge is 0.369 e. The summed E-state index contributed by atoms with van der Waals surface area (Å²) >= 11 is 0. The van der Waals surface area contributed by atoms with Crippen LogP contribution in [0.2, 0.25) is 0 Å². The Balaban J connectivity index is 2.72. The first-order valence-corrected chi connectivity index (χ1v) is 5.09. The lowest BCUT2D eigenvalue weighted by Crippen LogP contribution is -2.30. The van der Waals surface area contributed by atoms with Gasteiger partial charge in [-0.1, -0.05) is 29.3 Å². The zero-order valence-electron chi connectivity index (χ0n) is 9.50. The van der Waals surface area contributed by atoms with Crippen molar-refractivity contribution in [2.45, 2.75) is 26.8 Å². The SMILES string of the molecule is Cc1cc(C)cc(C(C)NCC(N)=O)c1. The van der Waals surface area contributed by atoms with Crippen molar-refractivity contribution < 1.29 is 4.79 Å². The molecule has 0 fully saturated rings. The lowest BCUT2D eigenvalue weighted by atomic mass is 10.0. The molecule has 0 aliphatic heterocycles. The van der Waals surface area contributed by atoms with Gasteiger partial charge in [0.05, 0.1) is 6.54 Å². The van der Waals surface area contributed by atoms with Gasteiger partial charge < -0.3 is 11.1 Å². The topological polar surface area (TPSA) is 55.1 Å². The molecule has 0 saturated heterocycles. The van der Waals surface area contributed by atoms with Crippen molar-refractivity contribution in [3.05, 3.63) is 34.9 Å². The van der Waals surface area contributed by atoms with Crippen molar-refractivity contribution in [1.82, 2.24) is 5.32 Å². The minimum Gasteiger partial charge on any atom is -0.369 e. The average molecular weight is 206 g/mol. The van der Waals surface area contributed by atoms with E-state index in [1.807, 2.05) is 6.92 Å². The standard InChI is InChI=1S/C12H18N2O/c1-8-4-9(2)6-11(5-8)10(3)14-7-12(13)15/h4-6,10,14H,7H2,1-3H3,(H2,13,15). The quantitative estimate of drug-likeness (QED) is 0.783. The van der Waals surface area contributed by atoms with E-state index < -0.39 is 0 Å². The van der Waals surface area contributed by atoms with Crippen LogP contribution in [0.3, 0.4) is 0 Å². The molecule has 0 aliphatic carbocycles. The van der Waals surface area contributed by atoms with Gasteiger partial charge in [-0.3, -0.25) is 4.79 Å². The molecular weight excluding hydrogens is 188 g/mol. The van der Waals surface area contributed by atoms with Crippen LogP contribution in [0.4, 0.5) is 0 Å². The highest BCUT2D eigenvalue weighted by Crippen LogP contribution is 2.16. The number of benzene rings is 1. The molecule has 1 unspecified atom stereocenters. The highest BCUT2D eigenvalue weighted by atomic mass is 16.1. The molecule has 0 radical (unpaired) electrons. The molecule has 0 aromatic heterocycles. The summed E-state index contributed by atoms with van der Waals surface area (Å²) in [5.74, 6) is -0.328. The second-order valence-electron chi connectivity index (χ2n) is 3.99. The molecule has 0 spiro atoms. The minimum atomic E-state index is -0.328. The summed E-state index contributed by atoms with van der Waals surface area (Å²) in [6.07, 6.45) is 0. The molecule has 3 heteroatoms. The monoisotopic (exact) mass is 206 g/mol. The Morgan fingerprint density at radius 1 is 1.33 bits per heavy atom. The average Bonchev–Trinajstić information content (AvgIpc) is 2.12. The zero-order chi connectivity index (χ0) is 11.4. The van der Waals surface area contributed by atoms with Crippen LogP contribution in [0.25, 0.3) is 0 Å². The second-order valence-corrected chi connectivity index (χ2v) is 3.99. The van der Waals surface area contributed by atoms with Gasteiger partial charge in [0, 0.05) is 6.04 Å². The van der Waals surface area contributed by atoms with E-state index in [2.05, 4.69) is 37.4 Å². The number of carbonyl (C=O) groups is 1. The van der Waals surface area contributed by atoms with Crippen molar-refractivity contribution >= 4 is 5.91 Å². The van der Waals surface area contributed by atoms with E-state index in [9.17, 15) is 4.79 Å².